The number of aromatic nitrogens is 4. The van der Waals surface area contributed by atoms with Gasteiger partial charge in [0.15, 0.2) is 0 Å². The Morgan fingerprint density at radius 1 is 1.32 bits per heavy atom. The second-order valence-electron chi connectivity index (χ2n) is 7.22. The molecule has 0 saturated carbocycles. The smallest absolute Gasteiger partial charge is 0.272 e. The second-order valence-corrected chi connectivity index (χ2v) is 7.22. The predicted molar refractivity (Wildman–Crippen MR) is 90.9 cm³/mol. The Balaban J connectivity index is 1.34. The number of amides is 1. The molecule has 1 amide bonds. The number of aryl methyl sites for hydroxylation is 1. The Morgan fingerprint density at radius 2 is 2.08 bits per heavy atom. The number of hydrogen-bond acceptors (Lipinski definition) is 5. The molecule has 2 aliphatic rings. The van der Waals surface area contributed by atoms with Crippen molar-refractivity contribution in [2.45, 2.75) is 31.8 Å². The molecular formula is C18H23N5O2. The molecule has 4 rings (SSSR count). The van der Waals surface area contributed by atoms with Gasteiger partial charge < -0.3 is 9.64 Å². The number of rotatable bonds is 3. The normalized spacial score (nSPS) is 22.4. The summed E-state index contributed by atoms with van der Waals surface area (Å²) in [6.45, 7) is 2.36. The van der Waals surface area contributed by atoms with Gasteiger partial charge in [0.25, 0.3) is 5.91 Å². The van der Waals surface area contributed by atoms with Crippen LogP contribution in [0, 0.1) is 5.41 Å². The lowest BCUT2D eigenvalue weighted by Gasteiger charge is -2.38. The zero-order valence-electron chi connectivity index (χ0n) is 14.5. The molecule has 0 radical (unpaired) electrons. The van der Waals surface area contributed by atoms with E-state index in [1.807, 2.05) is 17.3 Å². The summed E-state index contributed by atoms with van der Waals surface area (Å²) >= 11 is 0. The maximum Gasteiger partial charge on any atom is 0.272 e. The average Bonchev–Trinajstić information content (AvgIpc) is 3.23. The molecule has 25 heavy (non-hydrogen) atoms. The van der Waals surface area contributed by atoms with Crippen LogP contribution in [0.25, 0.3) is 0 Å². The van der Waals surface area contributed by atoms with E-state index in [-0.39, 0.29) is 17.4 Å². The molecule has 7 nitrogen and oxygen atoms in total. The molecule has 0 bridgehead atoms. The summed E-state index contributed by atoms with van der Waals surface area (Å²) in [5.41, 5.74) is 1.98. The van der Waals surface area contributed by atoms with E-state index in [4.69, 9.17) is 4.74 Å². The molecule has 2 fully saturated rings. The van der Waals surface area contributed by atoms with Gasteiger partial charge in [0.2, 0.25) is 0 Å². The summed E-state index contributed by atoms with van der Waals surface area (Å²) in [6.07, 6.45) is 11.1. The quantitative estimate of drug-likeness (QED) is 0.845. The van der Waals surface area contributed by atoms with Crippen molar-refractivity contribution < 1.29 is 9.53 Å². The van der Waals surface area contributed by atoms with Crippen molar-refractivity contribution in [1.29, 1.82) is 0 Å². The molecule has 2 aromatic heterocycles. The third kappa shape index (κ3) is 3.28. The lowest BCUT2D eigenvalue weighted by atomic mass is 9.76. The highest BCUT2D eigenvalue weighted by atomic mass is 16.5. The zero-order chi connectivity index (χ0) is 17.3. The van der Waals surface area contributed by atoms with Gasteiger partial charge in [-0.1, -0.05) is 0 Å². The molecule has 0 aromatic carbocycles. The van der Waals surface area contributed by atoms with E-state index in [0.29, 0.717) is 5.69 Å². The van der Waals surface area contributed by atoms with E-state index in [9.17, 15) is 4.79 Å². The molecule has 2 aromatic rings. The fourth-order valence-corrected chi connectivity index (χ4v) is 4.00. The van der Waals surface area contributed by atoms with Gasteiger partial charge >= 0.3 is 0 Å². The Bertz CT molecular complexity index is 737. The number of carbonyl (C=O) groups is 1. The Morgan fingerprint density at radius 3 is 2.76 bits per heavy atom. The Kier molecular flexibility index (Phi) is 4.25. The maximum absolute atomic E-state index is 12.6. The molecule has 2 aliphatic heterocycles. The largest absolute Gasteiger partial charge is 0.377 e. The van der Waals surface area contributed by atoms with Crippen LogP contribution in [-0.4, -0.2) is 56.4 Å². The van der Waals surface area contributed by atoms with Crippen molar-refractivity contribution >= 4 is 5.91 Å². The van der Waals surface area contributed by atoms with Crippen LogP contribution in [0.3, 0.4) is 0 Å². The minimum Gasteiger partial charge on any atom is -0.377 e. The van der Waals surface area contributed by atoms with Crippen molar-refractivity contribution in [1.82, 2.24) is 24.6 Å². The van der Waals surface area contributed by atoms with Crippen molar-refractivity contribution in [3.63, 3.8) is 0 Å². The Hall–Kier alpha value is -2.28. The van der Waals surface area contributed by atoms with E-state index in [2.05, 4.69) is 15.1 Å². The first-order valence-electron chi connectivity index (χ1n) is 8.78. The topological polar surface area (TPSA) is 73.1 Å². The van der Waals surface area contributed by atoms with Crippen LogP contribution in [0.1, 0.15) is 35.3 Å². The van der Waals surface area contributed by atoms with Crippen molar-refractivity contribution in [3.8, 4) is 0 Å². The molecule has 1 spiro atoms. The summed E-state index contributed by atoms with van der Waals surface area (Å²) in [4.78, 5) is 22.7. The van der Waals surface area contributed by atoms with Crippen molar-refractivity contribution in [2.24, 2.45) is 12.5 Å². The standard InChI is InChI=1S/C18H23N5O2/c1-22-16(2-5-21-22)17(24)23-6-3-18(4-7-23)9-15(25-12-18)8-14-10-19-13-20-11-14/h2,5,10-11,13,15H,3-4,6-9,12H2,1H3/t15-/m1/s1. The molecule has 1 atom stereocenters. The average molecular weight is 341 g/mol. The molecule has 4 heterocycles. The first-order valence-corrected chi connectivity index (χ1v) is 8.78. The van der Waals surface area contributed by atoms with Gasteiger partial charge in [0.05, 0.1) is 12.7 Å². The lowest BCUT2D eigenvalue weighted by molar-refractivity contribution is 0.0488. The molecule has 0 aliphatic carbocycles. The highest BCUT2D eigenvalue weighted by Crippen LogP contribution is 2.42. The highest BCUT2D eigenvalue weighted by molar-refractivity contribution is 5.92. The summed E-state index contributed by atoms with van der Waals surface area (Å²) in [6, 6.07) is 1.78. The van der Waals surface area contributed by atoms with Gasteiger partial charge in [-0.05, 0) is 36.3 Å². The number of hydrogen-bond donors (Lipinski definition) is 0. The van der Waals surface area contributed by atoms with Crippen molar-refractivity contribution in [2.75, 3.05) is 19.7 Å². The minimum atomic E-state index is 0.0757. The number of nitrogens with zero attached hydrogens (tertiary/aromatic N) is 5. The van der Waals surface area contributed by atoms with E-state index in [1.165, 1.54) is 0 Å². The predicted octanol–water partition coefficient (Wildman–Crippen LogP) is 1.46. The maximum atomic E-state index is 12.6. The van der Waals surface area contributed by atoms with Gasteiger partial charge in [0.1, 0.15) is 12.0 Å². The second kappa shape index (κ2) is 6.55. The molecule has 7 heteroatoms. The first kappa shape index (κ1) is 16.2. The van der Waals surface area contributed by atoms with E-state index in [1.54, 1.807) is 30.3 Å². The number of likely N-dealkylation sites (tertiary alicyclic amines) is 1. The monoisotopic (exact) mass is 341 g/mol. The molecule has 132 valence electrons. The molecule has 0 N–H and O–H groups in total. The fraction of sp³-hybridized carbons (Fsp3) is 0.556. The SMILES string of the molecule is Cn1nccc1C(=O)N1CCC2(CC1)CO[C@H](Cc1cncnc1)C2. The van der Waals surface area contributed by atoms with E-state index < -0.39 is 0 Å². The zero-order valence-corrected chi connectivity index (χ0v) is 14.5. The molecule has 2 saturated heterocycles. The molecule has 0 unspecified atom stereocenters. The number of ether oxygens (including phenoxy) is 1. The third-order valence-corrected chi connectivity index (χ3v) is 5.51. The van der Waals surface area contributed by atoms with Crippen LogP contribution in [0.5, 0.6) is 0 Å². The van der Waals surface area contributed by atoms with Gasteiger partial charge in [-0.25, -0.2) is 9.97 Å². The van der Waals surface area contributed by atoms with Gasteiger partial charge in [-0.15, -0.1) is 0 Å². The van der Waals surface area contributed by atoms with E-state index >= 15 is 0 Å². The fourth-order valence-electron chi connectivity index (χ4n) is 4.00. The summed E-state index contributed by atoms with van der Waals surface area (Å²) < 4.78 is 7.71. The highest BCUT2D eigenvalue weighted by Gasteiger charge is 2.43. The Labute approximate surface area is 147 Å². The van der Waals surface area contributed by atoms with Crippen LogP contribution >= 0.6 is 0 Å². The van der Waals surface area contributed by atoms with Crippen LogP contribution in [-0.2, 0) is 18.2 Å². The van der Waals surface area contributed by atoms with Crippen LogP contribution < -0.4 is 0 Å². The van der Waals surface area contributed by atoms with Gasteiger partial charge in [-0.3, -0.25) is 9.48 Å². The summed E-state index contributed by atoms with van der Waals surface area (Å²) in [5.74, 6) is 0.0757. The summed E-state index contributed by atoms with van der Waals surface area (Å²) in [7, 11) is 1.81. The van der Waals surface area contributed by atoms with Gasteiger partial charge in [-0.2, -0.15) is 5.10 Å². The number of carbonyl (C=O) groups excluding carboxylic acids is 1. The lowest BCUT2D eigenvalue weighted by Crippen LogP contribution is -2.44. The summed E-state index contributed by atoms with van der Waals surface area (Å²) in [5, 5.41) is 4.09. The van der Waals surface area contributed by atoms with Crippen LogP contribution in [0.2, 0.25) is 0 Å². The van der Waals surface area contributed by atoms with E-state index in [0.717, 1.165) is 50.9 Å². The van der Waals surface area contributed by atoms with Gasteiger partial charge in [0, 0.05) is 45.1 Å². The van der Waals surface area contributed by atoms with Crippen LogP contribution in [0.15, 0.2) is 31.0 Å². The minimum absolute atomic E-state index is 0.0757. The van der Waals surface area contributed by atoms with Crippen molar-refractivity contribution in [3.05, 3.63) is 42.2 Å². The van der Waals surface area contributed by atoms with Crippen LogP contribution in [0.4, 0.5) is 0 Å². The third-order valence-electron chi connectivity index (χ3n) is 5.51. The number of piperidine rings is 1. The molecular weight excluding hydrogens is 318 g/mol. The first-order chi connectivity index (χ1) is 12.2.